The third-order valence-corrected chi connectivity index (χ3v) is 4.73. The number of rotatable bonds is 5. The highest BCUT2D eigenvalue weighted by atomic mass is 35.5. The molecule has 6 heteroatoms. The van der Waals surface area contributed by atoms with Gasteiger partial charge >= 0.3 is 0 Å². The molecule has 0 spiro atoms. The monoisotopic (exact) mass is 365 g/mol. The SMILES string of the molecule is Cc1ccc(CNc2nc(Cl)nc(NC3Cc4ccccc4C3)n2)cc1. The van der Waals surface area contributed by atoms with Crippen LogP contribution in [0.15, 0.2) is 48.5 Å². The summed E-state index contributed by atoms with van der Waals surface area (Å²) in [6.07, 6.45) is 1.93. The molecule has 0 aliphatic heterocycles. The lowest BCUT2D eigenvalue weighted by atomic mass is 10.1. The van der Waals surface area contributed by atoms with Crippen LogP contribution < -0.4 is 10.6 Å². The smallest absolute Gasteiger partial charge is 0.229 e. The van der Waals surface area contributed by atoms with Crippen molar-refractivity contribution in [2.45, 2.75) is 32.4 Å². The minimum atomic E-state index is 0.185. The van der Waals surface area contributed by atoms with Gasteiger partial charge in [0.05, 0.1) is 0 Å². The van der Waals surface area contributed by atoms with E-state index in [1.54, 1.807) is 0 Å². The Labute approximate surface area is 157 Å². The summed E-state index contributed by atoms with van der Waals surface area (Å²) < 4.78 is 0. The van der Waals surface area contributed by atoms with Crippen LogP contribution in [0.5, 0.6) is 0 Å². The van der Waals surface area contributed by atoms with E-state index in [-0.39, 0.29) is 11.3 Å². The third kappa shape index (κ3) is 3.94. The van der Waals surface area contributed by atoms with Crippen LogP contribution in [0.2, 0.25) is 5.28 Å². The first-order valence-corrected chi connectivity index (χ1v) is 9.08. The molecule has 0 saturated heterocycles. The number of nitrogens with one attached hydrogen (secondary N) is 2. The third-order valence-electron chi connectivity index (χ3n) is 4.56. The van der Waals surface area contributed by atoms with E-state index < -0.39 is 0 Å². The number of nitrogens with zero attached hydrogens (tertiary/aromatic N) is 3. The van der Waals surface area contributed by atoms with Gasteiger partial charge in [0, 0.05) is 12.6 Å². The summed E-state index contributed by atoms with van der Waals surface area (Å²) in [7, 11) is 0. The van der Waals surface area contributed by atoms with Gasteiger partial charge in [-0.2, -0.15) is 15.0 Å². The van der Waals surface area contributed by atoms with Gasteiger partial charge in [0.25, 0.3) is 0 Å². The van der Waals surface area contributed by atoms with Crippen molar-refractivity contribution in [3.05, 3.63) is 76.1 Å². The lowest BCUT2D eigenvalue weighted by Crippen LogP contribution is -2.21. The fraction of sp³-hybridized carbons (Fsp3) is 0.250. The molecule has 0 radical (unpaired) electrons. The van der Waals surface area contributed by atoms with E-state index in [1.165, 1.54) is 16.7 Å². The number of anilines is 2. The van der Waals surface area contributed by atoms with Crippen molar-refractivity contribution in [2.75, 3.05) is 10.6 Å². The lowest BCUT2D eigenvalue weighted by Gasteiger charge is -2.13. The van der Waals surface area contributed by atoms with Gasteiger partial charge in [-0.05, 0) is 48.1 Å². The van der Waals surface area contributed by atoms with Crippen molar-refractivity contribution in [1.82, 2.24) is 15.0 Å². The molecule has 0 saturated carbocycles. The molecule has 2 aromatic carbocycles. The maximum atomic E-state index is 6.08. The largest absolute Gasteiger partial charge is 0.351 e. The van der Waals surface area contributed by atoms with Gasteiger partial charge in [-0.25, -0.2) is 0 Å². The highest BCUT2D eigenvalue weighted by molar-refractivity contribution is 6.28. The van der Waals surface area contributed by atoms with Crippen LogP contribution in [0.25, 0.3) is 0 Å². The fourth-order valence-corrected chi connectivity index (χ4v) is 3.38. The first kappa shape index (κ1) is 16.8. The first-order chi connectivity index (χ1) is 12.7. The Hall–Kier alpha value is -2.66. The minimum Gasteiger partial charge on any atom is -0.351 e. The number of aromatic nitrogens is 3. The number of fused-ring (bicyclic) bond motifs is 1. The summed E-state index contributed by atoms with van der Waals surface area (Å²) in [6, 6.07) is 17.1. The molecule has 0 bridgehead atoms. The van der Waals surface area contributed by atoms with Gasteiger partial charge in [-0.1, -0.05) is 54.1 Å². The average Bonchev–Trinajstić information content (AvgIpc) is 3.03. The zero-order valence-electron chi connectivity index (χ0n) is 14.5. The standard InChI is InChI=1S/C20H20ClN5/c1-13-6-8-14(9-7-13)12-22-19-24-18(21)25-20(26-19)23-17-10-15-4-2-3-5-16(15)11-17/h2-9,17H,10-12H2,1H3,(H2,22,23,24,25,26). The Morgan fingerprint density at radius 2 is 1.58 bits per heavy atom. The molecular formula is C20H20ClN5. The summed E-state index contributed by atoms with van der Waals surface area (Å²) in [5, 5.41) is 6.79. The first-order valence-electron chi connectivity index (χ1n) is 8.70. The molecule has 1 aliphatic carbocycles. The Morgan fingerprint density at radius 1 is 0.923 bits per heavy atom. The van der Waals surface area contributed by atoms with E-state index in [4.69, 9.17) is 11.6 Å². The summed E-state index contributed by atoms with van der Waals surface area (Å²) in [6.45, 7) is 2.71. The van der Waals surface area contributed by atoms with Crippen molar-refractivity contribution < 1.29 is 0 Å². The van der Waals surface area contributed by atoms with E-state index in [0.29, 0.717) is 18.4 Å². The number of aryl methyl sites for hydroxylation is 1. The molecule has 0 amide bonds. The van der Waals surface area contributed by atoms with Gasteiger partial charge in [-0.3, -0.25) is 0 Å². The Kier molecular flexibility index (Phi) is 4.71. The Balaban J connectivity index is 1.42. The molecule has 0 fully saturated rings. The summed E-state index contributed by atoms with van der Waals surface area (Å²) in [5.74, 6) is 0.984. The average molecular weight is 366 g/mol. The molecule has 1 heterocycles. The highest BCUT2D eigenvalue weighted by Crippen LogP contribution is 2.24. The lowest BCUT2D eigenvalue weighted by molar-refractivity contribution is 0.759. The number of hydrogen-bond donors (Lipinski definition) is 2. The second-order valence-electron chi connectivity index (χ2n) is 6.61. The molecule has 0 atom stereocenters. The summed E-state index contributed by atoms with van der Waals surface area (Å²) in [5.41, 5.74) is 5.15. The maximum absolute atomic E-state index is 6.08. The van der Waals surface area contributed by atoms with Crippen LogP contribution in [-0.4, -0.2) is 21.0 Å². The molecule has 4 rings (SSSR count). The Morgan fingerprint density at radius 3 is 2.27 bits per heavy atom. The molecular weight excluding hydrogens is 346 g/mol. The van der Waals surface area contributed by atoms with Gasteiger partial charge in [0.15, 0.2) is 0 Å². The molecule has 1 aromatic heterocycles. The maximum Gasteiger partial charge on any atom is 0.229 e. The van der Waals surface area contributed by atoms with Gasteiger partial charge in [0.2, 0.25) is 17.2 Å². The topological polar surface area (TPSA) is 62.7 Å². The van der Waals surface area contributed by atoms with E-state index >= 15 is 0 Å². The molecule has 5 nitrogen and oxygen atoms in total. The van der Waals surface area contributed by atoms with Gasteiger partial charge in [0.1, 0.15) is 0 Å². The second-order valence-corrected chi connectivity index (χ2v) is 6.95. The quantitative estimate of drug-likeness (QED) is 0.714. The number of benzene rings is 2. The van der Waals surface area contributed by atoms with Crippen molar-refractivity contribution in [2.24, 2.45) is 0 Å². The van der Waals surface area contributed by atoms with Crippen LogP contribution in [0.3, 0.4) is 0 Å². The predicted molar refractivity (Wildman–Crippen MR) is 105 cm³/mol. The second kappa shape index (κ2) is 7.30. The van der Waals surface area contributed by atoms with Gasteiger partial charge in [-0.15, -0.1) is 0 Å². The predicted octanol–water partition coefficient (Wildman–Crippen LogP) is 4.02. The highest BCUT2D eigenvalue weighted by Gasteiger charge is 2.21. The summed E-state index contributed by atoms with van der Waals surface area (Å²) >= 11 is 6.08. The van der Waals surface area contributed by atoms with Crippen LogP contribution in [0.4, 0.5) is 11.9 Å². The van der Waals surface area contributed by atoms with Crippen molar-refractivity contribution in [1.29, 1.82) is 0 Å². The van der Waals surface area contributed by atoms with Crippen LogP contribution in [0, 0.1) is 6.92 Å². The fourth-order valence-electron chi connectivity index (χ4n) is 3.22. The Bertz CT molecular complexity index is 885. The zero-order valence-corrected chi connectivity index (χ0v) is 15.3. The van der Waals surface area contributed by atoms with E-state index in [9.17, 15) is 0 Å². The molecule has 26 heavy (non-hydrogen) atoms. The molecule has 132 valence electrons. The van der Waals surface area contributed by atoms with Crippen molar-refractivity contribution >= 4 is 23.5 Å². The minimum absolute atomic E-state index is 0.185. The van der Waals surface area contributed by atoms with Crippen LogP contribution >= 0.6 is 11.6 Å². The summed E-state index contributed by atoms with van der Waals surface area (Å²) in [4.78, 5) is 12.9. The molecule has 0 unspecified atom stereocenters. The zero-order chi connectivity index (χ0) is 17.9. The molecule has 1 aliphatic rings. The number of halogens is 1. The van der Waals surface area contributed by atoms with Gasteiger partial charge < -0.3 is 10.6 Å². The van der Waals surface area contributed by atoms with Crippen LogP contribution in [0.1, 0.15) is 22.3 Å². The van der Waals surface area contributed by atoms with Crippen LogP contribution in [-0.2, 0) is 19.4 Å². The molecule has 3 aromatic rings. The van der Waals surface area contributed by atoms with Crippen molar-refractivity contribution in [3.8, 4) is 0 Å². The normalized spacial score (nSPS) is 13.5. The number of hydrogen-bond acceptors (Lipinski definition) is 5. The van der Waals surface area contributed by atoms with E-state index in [1.807, 2.05) is 0 Å². The van der Waals surface area contributed by atoms with E-state index in [0.717, 1.165) is 18.4 Å². The van der Waals surface area contributed by atoms with Crippen molar-refractivity contribution in [3.63, 3.8) is 0 Å². The molecule has 2 N–H and O–H groups in total. The van der Waals surface area contributed by atoms with E-state index in [2.05, 4.69) is 81.0 Å².